The molecule has 23 heavy (non-hydrogen) atoms. The van der Waals surface area contributed by atoms with Gasteiger partial charge in [0.1, 0.15) is 11.8 Å². The molecule has 2 amide bonds. The van der Waals surface area contributed by atoms with E-state index in [1.165, 1.54) is 0 Å². The maximum absolute atomic E-state index is 11.8. The molecule has 1 aromatic carbocycles. The van der Waals surface area contributed by atoms with Crippen LogP contribution in [0.3, 0.4) is 0 Å². The average molecular weight is 320 g/mol. The Kier molecular flexibility index (Phi) is 4.88. The molecule has 0 saturated carbocycles. The standard InChI is InChI=1S/C16H20N2O5/c1-16(2,3)15(21)23-18-9-12(14(18)20)17-13(19)10-22-11-7-5-4-6-8-11/h4-8,12H,9-10H2,1-3H3,(H,17,19). The number of β-lactam (4-membered cyclic amide) rings is 1. The summed E-state index contributed by atoms with van der Waals surface area (Å²) in [7, 11) is 0. The van der Waals surface area contributed by atoms with E-state index in [9.17, 15) is 14.4 Å². The van der Waals surface area contributed by atoms with Crippen LogP contribution in [0.2, 0.25) is 0 Å². The van der Waals surface area contributed by atoms with E-state index in [1.54, 1.807) is 45.0 Å². The minimum absolute atomic E-state index is 0.137. The number of carbonyl (C=O) groups excluding carboxylic acids is 3. The van der Waals surface area contributed by atoms with Gasteiger partial charge in [-0.05, 0) is 32.9 Å². The third kappa shape index (κ3) is 4.45. The molecule has 0 bridgehead atoms. The Morgan fingerprint density at radius 3 is 2.48 bits per heavy atom. The minimum Gasteiger partial charge on any atom is -0.484 e. The van der Waals surface area contributed by atoms with Crippen molar-refractivity contribution in [3.63, 3.8) is 0 Å². The van der Waals surface area contributed by atoms with Gasteiger partial charge in [-0.2, -0.15) is 5.06 Å². The number of hydrogen-bond acceptors (Lipinski definition) is 5. The lowest BCUT2D eigenvalue weighted by Gasteiger charge is -2.37. The van der Waals surface area contributed by atoms with Gasteiger partial charge in [-0.3, -0.25) is 9.59 Å². The molecule has 1 heterocycles. The summed E-state index contributed by atoms with van der Waals surface area (Å²) in [6.07, 6.45) is 0. The van der Waals surface area contributed by atoms with Crippen LogP contribution in [0.25, 0.3) is 0 Å². The summed E-state index contributed by atoms with van der Waals surface area (Å²) in [6.45, 7) is 5.03. The second-order valence-corrected chi connectivity index (χ2v) is 6.25. The van der Waals surface area contributed by atoms with Crippen LogP contribution in [-0.2, 0) is 19.2 Å². The fourth-order valence-corrected chi connectivity index (χ4v) is 1.72. The van der Waals surface area contributed by atoms with Gasteiger partial charge < -0.3 is 14.9 Å². The SMILES string of the molecule is CC(C)(C)C(=O)ON1CC(NC(=O)COc2ccccc2)C1=O. The lowest BCUT2D eigenvalue weighted by Crippen LogP contribution is -2.64. The lowest BCUT2D eigenvalue weighted by atomic mass is 9.98. The molecule has 1 aliphatic heterocycles. The molecule has 0 spiro atoms. The highest BCUT2D eigenvalue weighted by Gasteiger charge is 2.42. The van der Waals surface area contributed by atoms with Crippen LogP contribution in [-0.4, -0.2) is 42.0 Å². The quantitative estimate of drug-likeness (QED) is 0.815. The largest absolute Gasteiger partial charge is 0.484 e. The third-order valence-corrected chi connectivity index (χ3v) is 3.15. The number of benzene rings is 1. The maximum Gasteiger partial charge on any atom is 0.337 e. The minimum atomic E-state index is -0.696. The van der Waals surface area contributed by atoms with E-state index >= 15 is 0 Å². The molecule has 1 aliphatic rings. The van der Waals surface area contributed by atoms with Crippen molar-refractivity contribution in [3.8, 4) is 5.75 Å². The number of hydroxylamine groups is 2. The van der Waals surface area contributed by atoms with Crippen molar-refractivity contribution in [1.29, 1.82) is 0 Å². The molecular weight excluding hydrogens is 300 g/mol. The van der Waals surface area contributed by atoms with E-state index in [1.807, 2.05) is 6.07 Å². The topological polar surface area (TPSA) is 84.9 Å². The van der Waals surface area contributed by atoms with E-state index < -0.39 is 29.2 Å². The zero-order valence-electron chi connectivity index (χ0n) is 13.4. The third-order valence-electron chi connectivity index (χ3n) is 3.15. The maximum atomic E-state index is 11.8. The summed E-state index contributed by atoms with van der Waals surface area (Å²) in [5.41, 5.74) is -0.696. The number of para-hydroxylation sites is 1. The summed E-state index contributed by atoms with van der Waals surface area (Å²) in [5, 5.41) is 3.49. The molecule has 7 heteroatoms. The summed E-state index contributed by atoms with van der Waals surface area (Å²) < 4.78 is 5.29. The van der Waals surface area contributed by atoms with Gasteiger partial charge in [-0.15, -0.1) is 0 Å². The fraction of sp³-hybridized carbons (Fsp3) is 0.438. The molecule has 1 fully saturated rings. The van der Waals surface area contributed by atoms with Crippen LogP contribution in [0.1, 0.15) is 20.8 Å². The van der Waals surface area contributed by atoms with Gasteiger partial charge in [-0.25, -0.2) is 4.79 Å². The first-order valence-corrected chi connectivity index (χ1v) is 7.28. The van der Waals surface area contributed by atoms with E-state index in [-0.39, 0.29) is 13.2 Å². The monoisotopic (exact) mass is 320 g/mol. The zero-order valence-corrected chi connectivity index (χ0v) is 13.4. The first-order chi connectivity index (χ1) is 10.8. The molecule has 2 rings (SSSR count). The van der Waals surface area contributed by atoms with Crippen molar-refractivity contribution in [3.05, 3.63) is 30.3 Å². The van der Waals surface area contributed by atoms with Crippen molar-refractivity contribution in [2.24, 2.45) is 5.41 Å². The Labute approximate surface area is 134 Å². The molecule has 7 nitrogen and oxygen atoms in total. The van der Waals surface area contributed by atoms with Crippen molar-refractivity contribution in [2.75, 3.05) is 13.2 Å². The van der Waals surface area contributed by atoms with Gasteiger partial charge in [-0.1, -0.05) is 18.2 Å². The summed E-state index contributed by atoms with van der Waals surface area (Å²) >= 11 is 0. The molecule has 1 saturated heterocycles. The molecule has 124 valence electrons. The Morgan fingerprint density at radius 2 is 1.91 bits per heavy atom. The van der Waals surface area contributed by atoms with E-state index in [2.05, 4.69) is 5.32 Å². The Bertz CT molecular complexity index is 594. The number of nitrogens with zero attached hydrogens (tertiary/aromatic N) is 1. The second kappa shape index (κ2) is 6.68. The molecular formula is C16H20N2O5. The fourth-order valence-electron chi connectivity index (χ4n) is 1.72. The van der Waals surface area contributed by atoms with Crippen LogP contribution in [0.15, 0.2) is 30.3 Å². The van der Waals surface area contributed by atoms with Crippen LogP contribution in [0, 0.1) is 5.41 Å². The van der Waals surface area contributed by atoms with Gasteiger partial charge in [0.2, 0.25) is 0 Å². The smallest absolute Gasteiger partial charge is 0.337 e. The van der Waals surface area contributed by atoms with Gasteiger partial charge in [0.15, 0.2) is 6.61 Å². The van der Waals surface area contributed by atoms with Gasteiger partial charge >= 0.3 is 5.97 Å². The Hall–Kier alpha value is -2.57. The highest BCUT2D eigenvalue weighted by molar-refractivity contribution is 5.93. The highest BCUT2D eigenvalue weighted by atomic mass is 16.7. The normalized spacial score (nSPS) is 17.3. The van der Waals surface area contributed by atoms with Gasteiger partial charge in [0, 0.05) is 0 Å². The summed E-state index contributed by atoms with van der Waals surface area (Å²) in [6, 6.07) is 8.21. The number of hydrogen-bond donors (Lipinski definition) is 1. The first-order valence-electron chi connectivity index (χ1n) is 7.28. The van der Waals surface area contributed by atoms with Crippen LogP contribution >= 0.6 is 0 Å². The highest BCUT2D eigenvalue weighted by Crippen LogP contribution is 2.19. The predicted octanol–water partition coefficient (Wildman–Crippen LogP) is 0.897. The van der Waals surface area contributed by atoms with Crippen LogP contribution in [0.5, 0.6) is 5.75 Å². The molecule has 0 aromatic heterocycles. The second-order valence-electron chi connectivity index (χ2n) is 6.25. The Morgan fingerprint density at radius 1 is 1.26 bits per heavy atom. The van der Waals surface area contributed by atoms with E-state index in [0.29, 0.717) is 5.75 Å². The molecule has 1 aromatic rings. The summed E-state index contributed by atoms with van der Waals surface area (Å²) in [5.74, 6) is -0.781. The molecule has 1 N–H and O–H groups in total. The van der Waals surface area contributed by atoms with Gasteiger partial charge in [0.25, 0.3) is 11.8 Å². The van der Waals surface area contributed by atoms with E-state index in [4.69, 9.17) is 9.57 Å². The molecule has 1 atom stereocenters. The van der Waals surface area contributed by atoms with Crippen LogP contribution < -0.4 is 10.1 Å². The number of ether oxygens (including phenoxy) is 1. The lowest BCUT2D eigenvalue weighted by molar-refractivity contribution is -0.222. The van der Waals surface area contributed by atoms with Gasteiger partial charge in [0.05, 0.1) is 12.0 Å². The molecule has 1 unspecified atom stereocenters. The van der Waals surface area contributed by atoms with Crippen molar-refractivity contribution >= 4 is 17.8 Å². The average Bonchev–Trinajstić information content (AvgIpc) is 2.51. The van der Waals surface area contributed by atoms with Crippen molar-refractivity contribution in [2.45, 2.75) is 26.8 Å². The zero-order chi connectivity index (χ0) is 17.0. The van der Waals surface area contributed by atoms with Crippen LogP contribution in [0.4, 0.5) is 0 Å². The number of amides is 2. The molecule has 0 radical (unpaired) electrons. The number of rotatable bonds is 5. The van der Waals surface area contributed by atoms with Crippen molar-refractivity contribution in [1.82, 2.24) is 10.4 Å². The Balaban J connectivity index is 1.72. The first kappa shape index (κ1) is 16.8. The van der Waals surface area contributed by atoms with E-state index in [0.717, 1.165) is 5.06 Å². The molecule has 0 aliphatic carbocycles. The van der Waals surface area contributed by atoms with Crippen molar-refractivity contribution < 1.29 is 24.0 Å². The number of nitrogens with one attached hydrogen (secondary N) is 1. The predicted molar refractivity (Wildman–Crippen MR) is 81.1 cm³/mol. The number of carbonyl (C=O) groups is 3. The summed E-state index contributed by atoms with van der Waals surface area (Å²) in [4.78, 5) is 40.2.